The van der Waals surface area contributed by atoms with Crippen molar-refractivity contribution in [1.29, 1.82) is 0 Å². The van der Waals surface area contributed by atoms with Crippen LogP contribution >= 0.6 is 0 Å². The normalized spacial score (nSPS) is 11.5. The number of aryl methyl sites for hydroxylation is 1. The molecule has 2 nitrogen and oxygen atoms in total. The van der Waals surface area contributed by atoms with Crippen molar-refractivity contribution in [2.45, 2.75) is 39.2 Å². The Labute approximate surface area is 99.5 Å². The predicted octanol–water partition coefficient (Wildman–Crippen LogP) is 3.05. The third kappa shape index (κ3) is 4.23. The van der Waals surface area contributed by atoms with Crippen LogP contribution in [0.5, 0.6) is 0 Å². The van der Waals surface area contributed by atoms with Crippen LogP contribution in [0.25, 0.3) is 0 Å². The molecule has 0 spiro atoms. The van der Waals surface area contributed by atoms with E-state index in [4.69, 9.17) is 0 Å². The highest BCUT2D eigenvalue weighted by atomic mass is 15.0. The molecule has 1 aromatic carbocycles. The molecule has 0 fully saturated rings. The number of anilines is 1. The summed E-state index contributed by atoms with van der Waals surface area (Å²) in [6.07, 6.45) is 2.38. The van der Waals surface area contributed by atoms with E-state index in [1.807, 2.05) is 7.05 Å². The zero-order valence-corrected chi connectivity index (χ0v) is 10.9. The third-order valence-electron chi connectivity index (χ3n) is 2.90. The van der Waals surface area contributed by atoms with Gasteiger partial charge in [-0.25, -0.2) is 0 Å². The zero-order chi connectivity index (χ0) is 12.0. The van der Waals surface area contributed by atoms with Gasteiger partial charge in [-0.2, -0.15) is 0 Å². The first kappa shape index (κ1) is 13.0. The highest BCUT2D eigenvalue weighted by molar-refractivity contribution is 5.45. The van der Waals surface area contributed by atoms with E-state index in [0.29, 0.717) is 0 Å². The molecule has 0 saturated heterocycles. The lowest BCUT2D eigenvalue weighted by Crippen LogP contribution is -2.42. The lowest BCUT2D eigenvalue weighted by molar-refractivity contribution is 0.448. The van der Waals surface area contributed by atoms with Crippen LogP contribution in [-0.4, -0.2) is 19.1 Å². The van der Waals surface area contributed by atoms with Gasteiger partial charge in [0.1, 0.15) is 0 Å². The fraction of sp³-hybridized carbons (Fsp3) is 0.571. The van der Waals surface area contributed by atoms with Crippen molar-refractivity contribution in [3.63, 3.8) is 0 Å². The second-order valence-corrected chi connectivity index (χ2v) is 4.93. The summed E-state index contributed by atoms with van der Waals surface area (Å²) in [6.45, 7) is 7.51. The van der Waals surface area contributed by atoms with Crippen molar-refractivity contribution in [2.75, 3.05) is 18.9 Å². The van der Waals surface area contributed by atoms with Gasteiger partial charge in [-0.15, -0.1) is 0 Å². The van der Waals surface area contributed by atoms with Gasteiger partial charge < -0.3 is 10.6 Å². The standard InChI is InChI=1S/C14H24N2/c1-5-6-12-7-9-13(10-8-12)16-11-14(2,3)15-4/h7-10,15-16H,5-6,11H2,1-4H3. The van der Waals surface area contributed by atoms with Crippen molar-refractivity contribution >= 4 is 5.69 Å². The van der Waals surface area contributed by atoms with E-state index >= 15 is 0 Å². The van der Waals surface area contributed by atoms with Gasteiger partial charge in [0.05, 0.1) is 0 Å². The molecular formula is C14H24N2. The number of hydrogen-bond acceptors (Lipinski definition) is 2. The number of rotatable bonds is 6. The molecule has 16 heavy (non-hydrogen) atoms. The Morgan fingerprint density at radius 1 is 1.12 bits per heavy atom. The van der Waals surface area contributed by atoms with E-state index in [-0.39, 0.29) is 5.54 Å². The molecule has 90 valence electrons. The summed E-state index contributed by atoms with van der Waals surface area (Å²) in [5.74, 6) is 0. The van der Waals surface area contributed by atoms with Gasteiger partial charge >= 0.3 is 0 Å². The topological polar surface area (TPSA) is 24.1 Å². The molecule has 0 aliphatic rings. The number of hydrogen-bond donors (Lipinski definition) is 2. The summed E-state index contributed by atoms with van der Waals surface area (Å²) < 4.78 is 0. The predicted molar refractivity (Wildman–Crippen MR) is 72.1 cm³/mol. The molecule has 0 radical (unpaired) electrons. The molecular weight excluding hydrogens is 196 g/mol. The number of benzene rings is 1. The van der Waals surface area contributed by atoms with Crippen molar-refractivity contribution in [3.8, 4) is 0 Å². The van der Waals surface area contributed by atoms with Crippen LogP contribution in [0.2, 0.25) is 0 Å². The van der Waals surface area contributed by atoms with Gasteiger partial charge in [0.15, 0.2) is 0 Å². The molecule has 0 aliphatic carbocycles. The average Bonchev–Trinajstić information content (AvgIpc) is 2.29. The molecule has 0 atom stereocenters. The quantitative estimate of drug-likeness (QED) is 0.770. The molecule has 0 unspecified atom stereocenters. The summed E-state index contributed by atoms with van der Waals surface area (Å²) in [7, 11) is 1.99. The van der Waals surface area contributed by atoms with Crippen molar-refractivity contribution in [3.05, 3.63) is 29.8 Å². The minimum absolute atomic E-state index is 0.127. The average molecular weight is 220 g/mol. The van der Waals surface area contributed by atoms with Gasteiger partial charge in [-0.3, -0.25) is 0 Å². The lowest BCUT2D eigenvalue weighted by Gasteiger charge is -2.24. The van der Waals surface area contributed by atoms with Crippen molar-refractivity contribution in [2.24, 2.45) is 0 Å². The van der Waals surface area contributed by atoms with E-state index in [0.717, 1.165) is 6.54 Å². The Morgan fingerprint density at radius 2 is 1.75 bits per heavy atom. The first-order chi connectivity index (χ1) is 7.57. The second-order valence-electron chi connectivity index (χ2n) is 4.93. The molecule has 0 heterocycles. The maximum absolute atomic E-state index is 3.44. The van der Waals surface area contributed by atoms with Gasteiger partial charge in [0.25, 0.3) is 0 Å². The van der Waals surface area contributed by atoms with E-state index < -0.39 is 0 Å². The third-order valence-corrected chi connectivity index (χ3v) is 2.90. The second kappa shape index (κ2) is 5.90. The Hall–Kier alpha value is -1.02. The van der Waals surface area contributed by atoms with Crippen LogP contribution < -0.4 is 10.6 Å². The van der Waals surface area contributed by atoms with Gasteiger partial charge in [0, 0.05) is 17.8 Å². The summed E-state index contributed by atoms with van der Waals surface area (Å²) in [5, 5.41) is 6.72. The number of likely N-dealkylation sites (N-methyl/N-ethyl adjacent to an activating group) is 1. The summed E-state index contributed by atoms with van der Waals surface area (Å²) in [4.78, 5) is 0. The van der Waals surface area contributed by atoms with Gasteiger partial charge in [0.2, 0.25) is 0 Å². The molecule has 2 heteroatoms. The SMILES string of the molecule is CCCc1ccc(NCC(C)(C)NC)cc1. The molecule has 0 saturated carbocycles. The monoisotopic (exact) mass is 220 g/mol. The first-order valence-electron chi connectivity index (χ1n) is 6.09. The Morgan fingerprint density at radius 3 is 2.25 bits per heavy atom. The number of nitrogens with one attached hydrogen (secondary N) is 2. The van der Waals surface area contributed by atoms with E-state index in [1.165, 1.54) is 24.1 Å². The summed E-state index contributed by atoms with van der Waals surface area (Å²) in [5.41, 5.74) is 2.74. The van der Waals surface area contributed by atoms with E-state index in [1.54, 1.807) is 0 Å². The zero-order valence-electron chi connectivity index (χ0n) is 10.9. The van der Waals surface area contributed by atoms with Crippen molar-refractivity contribution < 1.29 is 0 Å². The Bertz CT molecular complexity index is 301. The molecule has 1 rings (SSSR count). The maximum Gasteiger partial charge on any atom is 0.0340 e. The van der Waals surface area contributed by atoms with E-state index in [2.05, 4.69) is 55.7 Å². The van der Waals surface area contributed by atoms with Crippen LogP contribution in [-0.2, 0) is 6.42 Å². The highest BCUT2D eigenvalue weighted by Crippen LogP contribution is 2.12. The Balaban J connectivity index is 2.49. The molecule has 0 bridgehead atoms. The Kier molecular flexibility index (Phi) is 4.81. The van der Waals surface area contributed by atoms with Gasteiger partial charge in [-0.05, 0) is 45.0 Å². The minimum atomic E-state index is 0.127. The van der Waals surface area contributed by atoms with Crippen LogP contribution in [0.1, 0.15) is 32.8 Å². The van der Waals surface area contributed by atoms with Crippen LogP contribution in [0.4, 0.5) is 5.69 Å². The maximum atomic E-state index is 3.44. The lowest BCUT2D eigenvalue weighted by atomic mass is 10.1. The van der Waals surface area contributed by atoms with Crippen molar-refractivity contribution in [1.82, 2.24) is 5.32 Å². The summed E-state index contributed by atoms with van der Waals surface area (Å²) >= 11 is 0. The van der Waals surface area contributed by atoms with Crippen LogP contribution in [0.15, 0.2) is 24.3 Å². The molecule has 1 aromatic rings. The van der Waals surface area contributed by atoms with Crippen LogP contribution in [0.3, 0.4) is 0 Å². The molecule has 0 amide bonds. The van der Waals surface area contributed by atoms with Gasteiger partial charge in [-0.1, -0.05) is 25.5 Å². The largest absolute Gasteiger partial charge is 0.383 e. The first-order valence-corrected chi connectivity index (χ1v) is 6.09. The van der Waals surface area contributed by atoms with E-state index in [9.17, 15) is 0 Å². The fourth-order valence-electron chi connectivity index (χ4n) is 1.49. The minimum Gasteiger partial charge on any atom is -0.383 e. The highest BCUT2D eigenvalue weighted by Gasteiger charge is 2.13. The summed E-state index contributed by atoms with van der Waals surface area (Å²) in [6, 6.07) is 8.74. The smallest absolute Gasteiger partial charge is 0.0340 e. The molecule has 2 N–H and O–H groups in total. The molecule has 0 aliphatic heterocycles. The molecule has 0 aromatic heterocycles. The fourth-order valence-corrected chi connectivity index (χ4v) is 1.49. The van der Waals surface area contributed by atoms with Crippen LogP contribution in [0, 0.1) is 0 Å².